The quantitative estimate of drug-likeness (QED) is 0.326. The van der Waals surface area contributed by atoms with Gasteiger partial charge in [0.05, 0.1) is 0 Å². The molecule has 0 aromatic heterocycles. The second kappa shape index (κ2) is 26.9. The summed E-state index contributed by atoms with van der Waals surface area (Å²) < 4.78 is 0. The van der Waals surface area contributed by atoms with E-state index in [2.05, 4.69) is 63.7 Å². The number of halogens is 4. The van der Waals surface area contributed by atoms with Crippen molar-refractivity contribution in [1.82, 2.24) is 0 Å². The largest absolute Gasteiger partial charge is 4.00 e. The summed E-state index contributed by atoms with van der Waals surface area (Å²) in [6.07, 6.45) is 0. The molecule has 17 heavy (non-hydrogen) atoms. The third-order valence-electron chi connectivity index (χ3n) is 0. The van der Waals surface area contributed by atoms with Crippen molar-refractivity contribution >= 4 is 63.7 Å². The fraction of sp³-hybridized carbons (Fsp3) is 1.00. The van der Waals surface area contributed by atoms with Crippen LogP contribution in [-0.2, 0) is 21.7 Å². The van der Waals surface area contributed by atoms with Gasteiger partial charge in [-0.15, -0.1) is 63.7 Å². The average Bonchev–Trinajstić information content (AvgIpc) is 1.76. The minimum Gasteiger partial charge on any atom is -0.844 e. The predicted octanol–water partition coefficient (Wildman–Crippen LogP) is 0.348. The van der Waals surface area contributed by atoms with Crippen LogP contribution in [0.5, 0.6) is 0 Å². The molecule has 0 saturated heterocycles. The maximum absolute atomic E-state index is 9.44. The van der Waals surface area contributed by atoms with Crippen LogP contribution < -0.4 is 20.4 Å². The van der Waals surface area contributed by atoms with E-state index < -0.39 is 20.1 Å². The minimum absolute atomic E-state index is 0. The molecule has 104 valence electrons. The molecule has 0 spiro atoms. The Kier molecular flexibility index (Phi) is 50.2. The molecule has 0 aromatic rings. The van der Waals surface area contributed by atoms with Crippen LogP contribution in [-0.4, -0.2) is 20.1 Å². The molecule has 0 radical (unpaired) electrons. The molecule has 0 aliphatic heterocycles. The first-order valence-electron chi connectivity index (χ1n) is 4.13. The van der Waals surface area contributed by atoms with Crippen LogP contribution in [0.1, 0.15) is 27.7 Å². The van der Waals surface area contributed by atoms with Crippen molar-refractivity contribution in [2.24, 2.45) is 0 Å². The summed E-state index contributed by atoms with van der Waals surface area (Å²) in [5, 5.41) is 35.4. The fourth-order valence-electron chi connectivity index (χ4n) is 0. The van der Waals surface area contributed by atoms with Crippen LogP contribution in [0.3, 0.4) is 0 Å². The summed E-state index contributed by atoms with van der Waals surface area (Å²) in [6, 6.07) is 0. The first kappa shape index (κ1) is 31.7. The minimum atomic E-state index is -0.604. The molecule has 9 heteroatoms. The molecular weight excluding hydrogens is 528 g/mol. The first-order valence-corrected chi connectivity index (χ1v) is 7.79. The van der Waals surface area contributed by atoms with Gasteiger partial charge in [-0.2, -0.15) is 0 Å². The Bertz CT molecular complexity index is 72.5. The molecule has 0 N–H and O–H groups in total. The van der Waals surface area contributed by atoms with E-state index in [1.165, 1.54) is 27.7 Å². The molecule has 4 atom stereocenters. The molecule has 0 saturated carbocycles. The summed E-state index contributed by atoms with van der Waals surface area (Å²) in [5.74, 6) is 0. The molecule has 0 aromatic carbocycles. The zero-order chi connectivity index (χ0) is 14.3. The molecule has 0 heterocycles. The Balaban J connectivity index is -0.0000000369. The summed E-state index contributed by atoms with van der Waals surface area (Å²) in [5.41, 5.74) is 0. The zero-order valence-corrected chi connectivity index (χ0v) is 17.9. The number of hydrogen-bond donors (Lipinski definition) is 0. The van der Waals surface area contributed by atoms with Crippen LogP contribution in [0.15, 0.2) is 0 Å². The number of alkyl halides is 4. The maximum Gasteiger partial charge on any atom is 4.00 e. The van der Waals surface area contributed by atoms with Gasteiger partial charge in [-0.25, -0.2) is 0 Å². The van der Waals surface area contributed by atoms with Gasteiger partial charge in [0.15, 0.2) is 0 Å². The van der Waals surface area contributed by atoms with Gasteiger partial charge in [0, 0.05) is 0 Å². The Morgan fingerprint density at radius 1 is 0.529 bits per heavy atom. The van der Waals surface area contributed by atoms with Gasteiger partial charge in [0.25, 0.3) is 0 Å². The normalized spacial score (nSPS) is 14.8. The van der Waals surface area contributed by atoms with Gasteiger partial charge >= 0.3 is 21.7 Å². The van der Waals surface area contributed by atoms with Gasteiger partial charge in [-0.1, -0.05) is 47.7 Å². The number of rotatable bonds is 0. The van der Waals surface area contributed by atoms with E-state index in [4.69, 9.17) is 0 Å². The molecule has 0 aliphatic rings. The van der Waals surface area contributed by atoms with Crippen LogP contribution in [0.4, 0.5) is 0 Å². The van der Waals surface area contributed by atoms with E-state index in [0.717, 1.165) is 0 Å². The smallest absolute Gasteiger partial charge is 0.844 e. The van der Waals surface area contributed by atoms with Crippen LogP contribution in [0.2, 0.25) is 0 Å². The summed E-state index contributed by atoms with van der Waals surface area (Å²) in [4.78, 5) is 0. The van der Waals surface area contributed by atoms with Gasteiger partial charge in [-0.3, -0.25) is 0 Å². The predicted molar refractivity (Wildman–Crippen MR) is 73.6 cm³/mol. The van der Waals surface area contributed by atoms with E-state index >= 15 is 0 Å². The third-order valence-corrected chi connectivity index (χ3v) is 0. The van der Waals surface area contributed by atoms with E-state index in [0.29, 0.717) is 0 Å². The van der Waals surface area contributed by atoms with Crippen molar-refractivity contribution in [3.05, 3.63) is 0 Å². The van der Waals surface area contributed by atoms with Gasteiger partial charge < -0.3 is 20.4 Å². The molecule has 0 fully saturated rings. The molecule has 0 aliphatic carbocycles. The number of hydrogen-bond acceptors (Lipinski definition) is 4. The van der Waals surface area contributed by atoms with Crippen molar-refractivity contribution in [3.63, 3.8) is 0 Å². The van der Waals surface area contributed by atoms with Crippen LogP contribution in [0, 0.1) is 0 Å². The summed E-state index contributed by atoms with van der Waals surface area (Å²) in [7, 11) is 0. The Hall–Kier alpha value is 2.47. The summed E-state index contributed by atoms with van der Waals surface area (Å²) >= 11 is 10.9. The van der Waals surface area contributed by atoms with Crippen molar-refractivity contribution in [2.75, 3.05) is 0 Å². The second-order valence-electron chi connectivity index (χ2n) is 2.17. The van der Waals surface area contributed by atoms with E-state index in [9.17, 15) is 20.4 Å². The Morgan fingerprint density at radius 3 is 0.529 bits per heavy atom. The van der Waals surface area contributed by atoms with Gasteiger partial charge in [-0.05, 0) is 0 Å². The molecule has 0 bridgehead atoms. The van der Waals surface area contributed by atoms with Crippen molar-refractivity contribution in [3.8, 4) is 0 Å². The van der Waals surface area contributed by atoms with Gasteiger partial charge in [0.1, 0.15) is 0 Å². The van der Waals surface area contributed by atoms with Crippen LogP contribution in [0.25, 0.3) is 0 Å². The van der Waals surface area contributed by atoms with Crippen LogP contribution >= 0.6 is 63.7 Å². The average molecular weight is 544 g/mol. The molecular formula is C8H16Br4O4Ti. The third kappa shape index (κ3) is 819. The SMILES string of the molecule is CC([O-])Br.CC([O-])Br.CC([O-])Br.CC([O-])Br.[Ti+4]. The Morgan fingerprint density at radius 2 is 0.529 bits per heavy atom. The molecule has 0 rings (SSSR count). The Labute approximate surface area is 152 Å². The monoisotopic (exact) mass is 540 g/mol. The van der Waals surface area contributed by atoms with E-state index in [1.54, 1.807) is 0 Å². The van der Waals surface area contributed by atoms with Crippen molar-refractivity contribution < 1.29 is 42.1 Å². The second-order valence-corrected chi connectivity index (χ2v) is 7.33. The van der Waals surface area contributed by atoms with E-state index in [-0.39, 0.29) is 21.7 Å². The molecule has 4 unspecified atom stereocenters. The topological polar surface area (TPSA) is 92.2 Å². The molecule has 4 nitrogen and oxygen atoms in total. The van der Waals surface area contributed by atoms with Crippen molar-refractivity contribution in [1.29, 1.82) is 0 Å². The molecule has 0 amide bonds. The van der Waals surface area contributed by atoms with E-state index in [1.807, 2.05) is 0 Å². The van der Waals surface area contributed by atoms with Gasteiger partial charge in [0.2, 0.25) is 0 Å². The first-order chi connectivity index (χ1) is 6.93. The standard InChI is InChI=1S/4C2H4BrO.Ti/c4*1-2(3)4;/h4*2H,1H3;/q4*-1;+4. The van der Waals surface area contributed by atoms with Crippen molar-refractivity contribution in [2.45, 2.75) is 47.7 Å². The zero-order valence-electron chi connectivity index (χ0n) is 9.95. The summed E-state index contributed by atoms with van der Waals surface area (Å²) in [6.45, 7) is 6.11. The fourth-order valence-corrected chi connectivity index (χ4v) is 0. The maximum atomic E-state index is 9.44.